The first-order valence-electron chi connectivity index (χ1n) is 6.51. The van der Waals surface area contributed by atoms with Crippen LogP contribution in [0.4, 0.5) is 5.82 Å². The molecule has 1 saturated heterocycles. The monoisotopic (exact) mass is 233 g/mol. The van der Waals surface area contributed by atoms with E-state index in [1.54, 1.807) is 0 Å². The van der Waals surface area contributed by atoms with Crippen molar-refractivity contribution >= 4 is 5.82 Å². The van der Waals surface area contributed by atoms with E-state index in [0.717, 1.165) is 37.3 Å². The SMILES string of the molecule is CNc1nc(C2CCC(C)O2)nc2c1CCC2. The van der Waals surface area contributed by atoms with Crippen LogP contribution in [0.1, 0.15) is 49.4 Å². The summed E-state index contributed by atoms with van der Waals surface area (Å²) in [5.41, 5.74) is 2.53. The van der Waals surface area contributed by atoms with Gasteiger partial charge in [0.05, 0.1) is 6.10 Å². The van der Waals surface area contributed by atoms with Crippen molar-refractivity contribution in [3.63, 3.8) is 0 Å². The van der Waals surface area contributed by atoms with Gasteiger partial charge in [0.1, 0.15) is 11.9 Å². The van der Waals surface area contributed by atoms with Crippen LogP contribution in [0.2, 0.25) is 0 Å². The Balaban J connectivity index is 1.95. The maximum atomic E-state index is 5.85. The summed E-state index contributed by atoms with van der Waals surface area (Å²) < 4.78 is 5.85. The van der Waals surface area contributed by atoms with E-state index in [9.17, 15) is 0 Å². The van der Waals surface area contributed by atoms with Crippen LogP contribution >= 0.6 is 0 Å². The summed E-state index contributed by atoms with van der Waals surface area (Å²) in [6, 6.07) is 0. The summed E-state index contributed by atoms with van der Waals surface area (Å²) in [7, 11) is 1.93. The lowest BCUT2D eigenvalue weighted by Gasteiger charge is -2.14. The zero-order valence-corrected chi connectivity index (χ0v) is 10.5. The number of rotatable bonds is 2. The summed E-state index contributed by atoms with van der Waals surface area (Å²) in [4.78, 5) is 9.33. The smallest absolute Gasteiger partial charge is 0.159 e. The van der Waals surface area contributed by atoms with Crippen molar-refractivity contribution in [3.05, 3.63) is 17.1 Å². The molecule has 1 aliphatic carbocycles. The lowest BCUT2D eigenvalue weighted by molar-refractivity contribution is 0.0502. The third-order valence-electron chi connectivity index (χ3n) is 3.71. The van der Waals surface area contributed by atoms with Crippen LogP contribution in [-0.2, 0) is 17.6 Å². The highest BCUT2D eigenvalue weighted by molar-refractivity contribution is 5.48. The van der Waals surface area contributed by atoms with Gasteiger partial charge in [0.15, 0.2) is 5.82 Å². The van der Waals surface area contributed by atoms with Gasteiger partial charge in [0, 0.05) is 18.3 Å². The number of ether oxygens (including phenoxy) is 1. The lowest BCUT2D eigenvalue weighted by atomic mass is 10.2. The van der Waals surface area contributed by atoms with Crippen molar-refractivity contribution in [3.8, 4) is 0 Å². The van der Waals surface area contributed by atoms with Gasteiger partial charge in [-0.3, -0.25) is 0 Å². The largest absolute Gasteiger partial charge is 0.373 e. The average molecular weight is 233 g/mol. The standard InChI is InChI=1S/C13H19N3O/c1-8-6-7-11(17-8)13-15-10-5-3-4-9(10)12(14-2)16-13/h8,11H,3-7H2,1-2H3,(H,14,15,16). The van der Waals surface area contributed by atoms with Crippen LogP contribution in [0, 0.1) is 0 Å². The normalized spacial score (nSPS) is 27.2. The number of anilines is 1. The van der Waals surface area contributed by atoms with Crippen molar-refractivity contribution in [2.75, 3.05) is 12.4 Å². The number of aryl methyl sites for hydroxylation is 1. The molecule has 0 bridgehead atoms. The molecule has 3 rings (SSSR count). The second-order valence-corrected chi connectivity index (χ2v) is 4.97. The van der Waals surface area contributed by atoms with E-state index in [-0.39, 0.29) is 6.10 Å². The quantitative estimate of drug-likeness (QED) is 0.851. The Hall–Kier alpha value is -1.16. The minimum atomic E-state index is 0.100. The Morgan fingerprint density at radius 1 is 1.24 bits per heavy atom. The molecule has 1 N–H and O–H groups in total. The molecule has 0 saturated carbocycles. The second kappa shape index (κ2) is 4.26. The minimum Gasteiger partial charge on any atom is -0.373 e. The van der Waals surface area contributed by atoms with Crippen LogP contribution < -0.4 is 5.32 Å². The average Bonchev–Trinajstić information content (AvgIpc) is 2.95. The third-order valence-corrected chi connectivity index (χ3v) is 3.71. The molecule has 4 nitrogen and oxygen atoms in total. The highest BCUT2D eigenvalue weighted by atomic mass is 16.5. The van der Waals surface area contributed by atoms with Crippen LogP contribution in [-0.4, -0.2) is 23.1 Å². The number of aromatic nitrogens is 2. The summed E-state index contributed by atoms with van der Waals surface area (Å²) in [5, 5.41) is 3.20. The topological polar surface area (TPSA) is 47.0 Å². The molecular formula is C13H19N3O. The van der Waals surface area contributed by atoms with Gasteiger partial charge in [-0.15, -0.1) is 0 Å². The highest BCUT2D eigenvalue weighted by Gasteiger charge is 2.28. The molecule has 1 fully saturated rings. The number of nitrogens with one attached hydrogen (secondary N) is 1. The maximum Gasteiger partial charge on any atom is 0.159 e. The first-order valence-corrected chi connectivity index (χ1v) is 6.51. The Kier molecular flexibility index (Phi) is 2.74. The van der Waals surface area contributed by atoms with E-state index in [0.29, 0.717) is 6.10 Å². The van der Waals surface area contributed by atoms with Crippen molar-refractivity contribution in [1.29, 1.82) is 0 Å². The third kappa shape index (κ3) is 1.90. The number of fused-ring (bicyclic) bond motifs is 1. The highest BCUT2D eigenvalue weighted by Crippen LogP contribution is 2.33. The second-order valence-electron chi connectivity index (χ2n) is 4.97. The maximum absolute atomic E-state index is 5.85. The zero-order chi connectivity index (χ0) is 11.8. The van der Waals surface area contributed by atoms with Gasteiger partial charge in [-0.25, -0.2) is 9.97 Å². The first kappa shape index (κ1) is 11.0. The Morgan fingerprint density at radius 3 is 2.82 bits per heavy atom. The molecule has 92 valence electrons. The molecule has 1 aliphatic heterocycles. The van der Waals surface area contributed by atoms with E-state index in [4.69, 9.17) is 9.72 Å². The molecule has 0 spiro atoms. The van der Waals surface area contributed by atoms with Crippen LogP contribution in [0.3, 0.4) is 0 Å². The van der Waals surface area contributed by atoms with E-state index >= 15 is 0 Å². The van der Waals surface area contributed by atoms with E-state index in [2.05, 4.69) is 17.2 Å². The van der Waals surface area contributed by atoms with Crippen LogP contribution in [0.5, 0.6) is 0 Å². The molecule has 17 heavy (non-hydrogen) atoms. The van der Waals surface area contributed by atoms with Gasteiger partial charge in [-0.05, 0) is 39.0 Å². The lowest BCUT2D eigenvalue weighted by Crippen LogP contribution is -2.10. The van der Waals surface area contributed by atoms with E-state index in [1.165, 1.54) is 17.7 Å². The number of nitrogens with zero attached hydrogens (tertiary/aromatic N) is 2. The summed E-state index contributed by atoms with van der Waals surface area (Å²) in [5.74, 6) is 1.88. The summed E-state index contributed by atoms with van der Waals surface area (Å²) in [6.07, 6.45) is 5.99. The van der Waals surface area contributed by atoms with Gasteiger partial charge in [0.2, 0.25) is 0 Å². The van der Waals surface area contributed by atoms with Crippen LogP contribution in [0.25, 0.3) is 0 Å². The fourth-order valence-electron chi connectivity index (χ4n) is 2.79. The van der Waals surface area contributed by atoms with E-state index < -0.39 is 0 Å². The van der Waals surface area contributed by atoms with Crippen molar-refractivity contribution in [2.45, 2.75) is 51.2 Å². The molecule has 2 unspecified atom stereocenters. The van der Waals surface area contributed by atoms with Gasteiger partial charge >= 0.3 is 0 Å². The van der Waals surface area contributed by atoms with E-state index in [1.807, 2.05) is 7.05 Å². The minimum absolute atomic E-state index is 0.100. The number of hydrogen-bond acceptors (Lipinski definition) is 4. The molecule has 2 heterocycles. The van der Waals surface area contributed by atoms with Crippen LogP contribution in [0.15, 0.2) is 0 Å². The van der Waals surface area contributed by atoms with Gasteiger partial charge < -0.3 is 10.1 Å². The first-order chi connectivity index (χ1) is 8.28. The molecule has 0 radical (unpaired) electrons. The summed E-state index contributed by atoms with van der Waals surface area (Å²) >= 11 is 0. The van der Waals surface area contributed by atoms with Gasteiger partial charge in [0.25, 0.3) is 0 Å². The Bertz CT molecular complexity index is 433. The van der Waals surface area contributed by atoms with Gasteiger partial charge in [-0.1, -0.05) is 0 Å². The molecule has 0 amide bonds. The van der Waals surface area contributed by atoms with Crippen molar-refractivity contribution in [1.82, 2.24) is 9.97 Å². The fraction of sp³-hybridized carbons (Fsp3) is 0.692. The molecule has 2 aliphatic rings. The molecule has 2 atom stereocenters. The number of hydrogen-bond donors (Lipinski definition) is 1. The molecular weight excluding hydrogens is 214 g/mol. The van der Waals surface area contributed by atoms with Crippen molar-refractivity contribution in [2.24, 2.45) is 0 Å². The predicted molar refractivity (Wildman–Crippen MR) is 66.1 cm³/mol. The molecule has 1 aromatic rings. The van der Waals surface area contributed by atoms with Crippen molar-refractivity contribution < 1.29 is 4.74 Å². The Labute approximate surface area is 102 Å². The molecule has 4 heteroatoms. The molecule has 0 aromatic carbocycles. The zero-order valence-electron chi connectivity index (χ0n) is 10.5. The van der Waals surface area contributed by atoms with Gasteiger partial charge in [-0.2, -0.15) is 0 Å². The predicted octanol–water partition coefficient (Wildman–Crippen LogP) is 2.25. The Morgan fingerprint density at radius 2 is 2.12 bits per heavy atom. The molecule has 1 aromatic heterocycles. The fourth-order valence-corrected chi connectivity index (χ4v) is 2.79. The summed E-state index contributed by atoms with van der Waals surface area (Å²) in [6.45, 7) is 2.12.